The second-order valence-electron chi connectivity index (χ2n) is 7.67. The fourth-order valence-electron chi connectivity index (χ4n) is 4.94. The first-order chi connectivity index (χ1) is 11.7. The first-order valence-electron chi connectivity index (χ1n) is 9.22. The molecule has 0 aromatic heterocycles. The molecule has 132 valence electrons. The topological polar surface area (TPSA) is 17.1 Å². The number of Topliss-reactive ketones (excluding diaryl/α,β-unsaturated/α-hetero) is 1. The monoisotopic (exact) mass is 399 g/mol. The predicted molar refractivity (Wildman–Crippen MR) is 97.9 cm³/mol. The van der Waals surface area contributed by atoms with E-state index in [-0.39, 0.29) is 17.0 Å². The van der Waals surface area contributed by atoms with Gasteiger partial charge in [0, 0.05) is 30.7 Å². The number of quaternary nitrogens is 1. The Kier molecular flexibility index (Phi) is 5.45. The zero-order valence-corrected chi connectivity index (χ0v) is 16.4. The molecule has 4 rings (SSSR count). The van der Waals surface area contributed by atoms with Gasteiger partial charge in [0.25, 0.3) is 0 Å². The zero-order valence-electron chi connectivity index (χ0n) is 14.8. The van der Waals surface area contributed by atoms with Crippen LogP contribution in [0.4, 0.5) is 0 Å². The van der Waals surface area contributed by atoms with Crippen molar-refractivity contribution in [3.8, 4) is 11.1 Å². The van der Waals surface area contributed by atoms with Crippen molar-refractivity contribution >= 4 is 5.78 Å². The van der Waals surface area contributed by atoms with Crippen LogP contribution in [-0.2, 0) is 0 Å². The Bertz CT molecular complexity index is 727. The number of hydrogen-bond acceptors (Lipinski definition) is 1. The van der Waals surface area contributed by atoms with Gasteiger partial charge >= 0.3 is 0 Å². The molecular formula is C22H26BrNO. The van der Waals surface area contributed by atoms with Gasteiger partial charge in [0.05, 0.1) is 19.1 Å². The number of nitrogens with zero attached hydrogens (tertiary/aromatic N) is 1. The maximum atomic E-state index is 12.9. The fraction of sp³-hybridized carbons (Fsp3) is 0.409. The number of ketones is 1. The molecule has 0 N–H and O–H groups in total. The highest BCUT2D eigenvalue weighted by Crippen LogP contribution is 2.40. The third-order valence-corrected chi connectivity index (χ3v) is 6.27. The molecule has 3 heteroatoms. The summed E-state index contributed by atoms with van der Waals surface area (Å²) in [5.41, 5.74) is 3.24. The van der Waals surface area contributed by atoms with Crippen LogP contribution in [0.15, 0.2) is 54.6 Å². The van der Waals surface area contributed by atoms with Crippen LogP contribution in [0, 0.1) is 5.92 Å². The Hall–Kier alpha value is -1.45. The molecule has 2 aliphatic rings. The summed E-state index contributed by atoms with van der Waals surface area (Å²) in [5, 5.41) is 0. The van der Waals surface area contributed by atoms with Gasteiger partial charge in [-0.15, -0.1) is 0 Å². The van der Waals surface area contributed by atoms with Gasteiger partial charge in [-0.1, -0.05) is 61.5 Å². The van der Waals surface area contributed by atoms with Crippen LogP contribution in [0.1, 0.15) is 36.5 Å². The molecule has 2 aromatic carbocycles. The third kappa shape index (κ3) is 3.45. The molecule has 2 fully saturated rings. The molecule has 25 heavy (non-hydrogen) atoms. The molecule has 1 unspecified atom stereocenters. The Labute approximate surface area is 161 Å². The Morgan fingerprint density at radius 3 is 2.36 bits per heavy atom. The van der Waals surface area contributed by atoms with Crippen LogP contribution in [0.25, 0.3) is 11.1 Å². The van der Waals surface area contributed by atoms with Gasteiger partial charge in [-0.05, 0) is 11.1 Å². The first kappa shape index (κ1) is 18.3. The van der Waals surface area contributed by atoms with Crippen molar-refractivity contribution in [3.63, 3.8) is 0 Å². The van der Waals surface area contributed by atoms with Crippen LogP contribution in [0.2, 0.25) is 0 Å². The lowest BCUT2D eigenvalue weighted by Gasteiger charge is -2.35. The van der Waals surface area contributed by atoms with Gasteiger partial charge in [-0.2, -0.15) is 0 Å². The van der Waals surface area contributed by atoms with E-state index in [0.29, 0.717) is 12.3 Å². The third-order valence-electron chi connectivity index (χ3n) is 6.27. The number of halogens is 1. The van der Waals surface area contributed by atoms with E-state index in [9.17, 15) is 4.79 Å². The van der Waals surface area contributed by atoms with Crippen molar-refractivity contribution in [1.29, 1.82) is 0 Å². The Morgan fingerprint density at radius 1 is 0.960 bits per heavy atom. The fourth-order valence-corrected chi connectivity index (χ4v) is 4.94. The SMILES string of the molecule is C[C@@H]1CC[N+]2(CC(=O)c3ccc(-c4ccccc4)cc3)CCC[C@@H]12.[Br-]. The second kappa shape index (κ2) is 7.43. The van der Waals surface area contributed by atoms with Gasteiger partial charge in [-0.3, -0.25) is 4.79 Å². The number of benzene rings is 2. The Morgan fingerprint density at radius 2 is 1.64 bits per heavy atom. The molecule has 0 saturated carbocycles. The summed E-state index contributed by atoms with van der Waals surface area (Å²) in [6.07, 6.45) is 3.88. The van der Waals surface area contributed by atoms with E-state index in [1.54, 1.807) is 0 Å². The van der Waals surface area contributed by atoms with Gasteiger partial charge in [0.1, 0.15) is 6.54 Å². The number of fused-ring (bicyclic) bond motifs is 1. The summed E-state index contributed by atoms with van der Waals surface area (Å²) in [4.78, 5) is 12.9. The summed E-state index contributed by atoms with van der Waals surface area (Å²) in [5.74, 6) is 1.09. The molecule has 0 amide bonds. The highest BCUT2D eigenvalue weighted by Gasteiger charge is 2.50. The van der Waals surface area contributed by atoms with Crippen LogP contribution in [-0.4, -0.2) is 35.9 Å². The quantitative estimate of drug-likeness (QED) is 0.563. The Balaban J connectivity index is 0.00000182. The van der Waals surface area contributed by atoms with Crippen LogP contribution < -0.4 is 17.0 Å². The number of carbonyl (C=O) groups excluding carboxylic acids is 1. The molecule has 3 atom stereocenters. The lowest BCUT2D eigenvalue weighted by Crippen LogP contribution is -3.00. The van der Waals surface area contributed by atoms with E-state index in [2.05, 4.69) is 31.2 Å². The molecule has 2 heterocycles. The van der Waals surface area contributed by atoms with Gasteiger partial charge in [0.15, 0.2) is 0 Å². The minimum Gasteiger partial charge on any atom is -1.00 e. The normalized spacial score (nSPS) is 27.6. The minimum atomic E-state index is 0. The predicted octanol–water partition coefficient (Wildman–Crippen LogP) is 1.56. The number of carbonyl (C=O) groups is 1. The molecule has 0 aliphatic carbocycles. The lowest BCUT2D eigenvalue weighted by atomic mass is 10.00. The van der Waals surface area contributed by atoms with E-state index < -0.39 is 0 Å². The highest BCUT2D eigenvalue weighted by molar-refractivity contribution is 5.97. The summed E-state index contributed by atoms with van der Waals surface area (Å²) in [6.45, 7) is 5.46. The summed E-state index contributed by atoms with van der Waals surface area (Å²) < 4.78 is 1.06. The zero-order chi connectivity index (χ0) is 16.6. The van der Waals surface area contributed by atoms with Crippen molar-refractivity contribution in [3.05, 3.63) is 60.2 Å². The van der Waals surface area contributed by atoms with Crippen molar-refractivity contribution in [1.82, 2.24) is 0 Å². The van der Waals surface area contributed by atoms with E-state index in [1.165, 1.54) is 43.5 Å². The molecule has 2 aliphatic heterocycles. The van der Waals surface area contributed by atoms with Crippen molar-refractivity contribution in [2.24, 2.45) is 5.92 Å². The average molecular weight is 400 g/mol. The molecule has 0 radical (unpaired) electrons. The largest absolute Gasteiger partial charge is 1.00 e. The van der Waals surface area contributed by atoms with E-state index >= 15 is 0 Å². The minimum absolute atomic E-state index is 0. The molecular weight excluding hydrogens is 374 g/mol. The maximum Gasteiger partial charge on any atom is 0.216 e. The summed E-state index contributed by atoms with van der Waals surface area (Å²) in [6, 6.07) is 19.2. The summed E-state index contributed by atoms with van der Waals surface area (Å²) >= 11 is 0. The molecule has 2 nitrogen and oxygen atoms in total. The first-order valence-corrected chi connectivity index (χ1v) is 9.22. The number of hydrogen-bond donors (Lipinski definition) is 0. The van der Waals surface area contributed by atoms with Gasteiger partial charge in [0.2, 0.25) is 5.78 Å². The van der Waals surface area contributed by atoms with Crippen LogP contribution in [0.5, 0.6) is 0 Å². The van der Waals surface area contributed by atoms with E-state index in [1.807, 2.05) is 30.3 Å². The maximum absolute atomic E-state index is 12.9. The van der Waals surface area contributed by atoms with Crippen molar-refractivity contribution < 1.29 is 26.3 Å². The van der Waals surface area contributed by atoms with Crippen molar-refractivity contribution in [2.75, 3.05) is 19.6 Å². The van der Waals surface area contributed by atoms with E-state index in [0.717, 1.165) is 22.0 Å². The molecule has 2 saturated heterocycles. The number of rotatable bonds is 4. The van der Waals surface area contributed by atoms with Crippen molar-refractivity contribution in [2.45, 2.75) is 32.2 Å². The standard InChI is InChI=1S/C22H26NO.BrH/c1-17-13-15-23(14-5-8-21(17)23)16-22(24)20-11-9-19(10-12-20)18-6-3-2-4-7-18;/h2-4,6-7,9-12,17,21H,5,8,13-16H2,1H3;1H/q+1;/p-1/t17-,21+,23?;/m1./s1. The molecule has 0 bridgehead atoms. The molecule has 2 aromatic rings. The van der Waals surface area contributed by atoms with Gasteiger partial charge in [-0.25, -0.2) is 0 Å². The van der Waals surface area contributed by atoms with Gasteiger partial charge < -0.3 is 21.5 Å². The average Bonchev–Trinajstić information content (AvgIpc) is 3.16. The van der Waals surface area contributed by atoms with Crippen LogP contribution >= 0.6 is 0 Å². The lowest BCUT2D eigenvalue weighted by molar-refractivity contribution is -0.921. The summed E-state index contributed by atoms with van der Waals surface area (Å²) in [7, 11) is 0. The van der Waals surface area contributed by atoms with E-state index in [4.69, 9.17) is 0 Å². The molecule has 0 spiro atoms. The second-order valence-corrected chi connectivity index (χ2v) is 7.67. The highest BCUT2D eigenvalue weighted by atomic mass is 79.9. The van der Waals surface area contributed by atoms with Crippen LogP contribution in [0.3, 0.4) is 0 Å². The smallest absolute Gasteiger partial charge is 0.216 e.